The number of hydrogen-bond donors (Lipinski definition) is 0. The summed E-state index contributed by atoms with van der Waals surface area (Å²) >= 11 is 1.52. The van der Waals surface area contributed by atoms with Gasteiger partial charge < -0.3 is 4.90 Å². The fourth-order valence-electron chi connectivity index (χ4n) is 2.72. The largest absolute Gasteiger partial charge is 0.325 e. The first kappa shape index (κ1) is 15.4. The van der Waals surface area contributed by atoms with Crippen molar-refractivity contribution >= 4 is 34.7 Å². The van der Waals surface area contributed by atoms with Crippen LogP contribution in [0.15, 0.2) is 47.8 Å². The second-order valence-electron chi connectivity index (χ2n) is 5.35. The summed E-state index contributed by atoms with van der Waals surface area (Å²) in [6, 6.07) is 11.9. The smallest absolute Gasteiger partial charge is 0.257 e. The molecule has 3 rings (SSSR count). The molecule has 0 spiro atoms. The maximum absolute atomic E-state index is 12.7. The molecule has 5 nitrogen and oxygen atoms in total. The molecule has 1 aliphatic rings. The van der Waals surface area contributed by atoms with E-state index in [4.69, 9.17) is 0 Å². The van der Waals surface area contributed by atoms with E-state index in [1.807, 2.05) is 23.6 Å². The molecule has 0 N–H and O–H groups in total. The Labute approximate surface area is 138 Å². The average molecular weight is 328 g/mol. The van der Waals surface area contributed by atoms with Gasteiger partial charge >= 0.3 is 0 Å². The number of benzene rings is 1. The molecule has 0 bridgehead atoms. The van der Waals surface area contributed by atoms with Gasteiger partial charge in [0.25, 0.3) is 5.91 Å². The Kier molecular flexibility index (Phi) is 4.25. The molecular formula is C17H16N2O3S. The van der Waals surface area contributed by atoms with Crippen LogP contribution in [0, 0.1) is 0 Å². The summed E-state index contributed by atoms with van der Waals surface area (Å²) in [6.45, 7) is 1.77. The Bertz CT molecular complexity index is 728. The third-order valence-corrected chi connectivity index (χ3v) is 4.69. The molecule has 1 aliphatic heterocycles. The van der Waals surface area contributed by atoms with Crippen LogP contribution in [0.5, 0.6) is 0 Å². The van der Waals surface area contributed by atoms with Gasteiger partial charge in [-0.1, -0.05) is 24.3 Å². The van der Waals surface area contributed by atoms with Gasteiger partial charge in [0.05, 0.1) is 18.7 Å². The molecule has 1 aromatic carbocycles. The second-order valence-corrected chi connectivity index (χ2v) is 6.38. The fraction of sp³-hybridized carbons (Fsp3) is 0.235. The van der Waals surface area contributed by atoms with E-state index in [9.17, 15) is 14.4 Å². The molecule has 118 valence electrons. The standard InChI is InChI=1S/C17H16N2O3S/c1-12(20)18(11-14-8-5-9-23-14)15-10-16(21)19(17(15)22)13-6-3-2-4-7-13/h2-9,15H,10-11H2,1H3. The molecule has 1 atom stereocenters. The van der Waals surface area contributed by atoms with Crippen LogP contribution in [0.2, 0.25) is 0 Å². The molecule has 1 aromatic heterocycles. The maximum Gasteiger partial charge on any atom is 0.257 e. The molecule has 0 saturated carbocycles. The second kappa shape index (κ2) is 6.34. The van der Waals surface area contributed by atoms with Crippen molar-refractivity contribution < 1.29 is 14.4 Å². The zero-order chi connectivity index (χ0) is 16.4. The van der Waals surface area contributed by atoms with Crippen LogP contribution in [-0.2, 0) is 20.9 Å². The number of carbonyl (C=O) groups excluding carboxylic acids is 3. The monoisotopic (exact) mass is 328 g/mol. The summed E-state index contributed by atoms with van der Waals surface area (Å²) in [5.74, 6) is -0.823. The number of nitrogens with zero attached hydrogens (tertiary/aromatic N) is 2. The van der Waals surface area contributed by atoms with E-state index < -0.39 is 6.04 Å². The molecule has 3 amide bonds. The van der Waals surface area contributed by atoms with Gasteiger partial charge in [-0.2, -0.15) is 0 Å². The normalized spacial score (nSPS) is 17.6. The lowest BCUT2D eigenvalue weighted by molar-refractivity contribution is -0.137. The van der Waals surface area contributed by atoms with Crippen molar-refractivity contribution in [2.45, 2.75) is 25.9 Å². The predicted molar refractivity (Wildman–Crippen MR) is 87.9 cm³/mol. The quantitative estimate of drug-likeness (QED) is 0.810. The lowest BCUT2D eigenvalue weighted by Gasteiger charge is -2.25. The minimum absolute atomic E-state index is 0.0265. The van der Waals surface area contributed by atoms with Gasteiger partial charge in [-0.15, -0.1) is 11.3 Å². The fourth-order valence-corrected chi connectivity index (χ4v) is 3.42. The van der Waals surface area contributed by atoms with Crippen molar-refractivity contribution in [3.63, 3.8) is 0 Å². The first-order valence-corrected chi connectivity index (χ1v) is 8.17. The van der Waals surface area contributed by atoms with Crippen LogP contribution in [0.25, 0.3) is 0 Å². The van der Waals surface area contributed by atoms with Crippen LogP contribution >= 0.6 is 11.3 Å². The van der Waals surface area contributed by atoms with Gasteiger partial charge in [-0.05, 0) is 23.6 Å². The van der Waals surface area contributed by atoms with Crippen LogP contribution in [0.4, 0.5) is 5.69 Å². The van der Waals surface area contributed by atoms with E-state index in [1.54, 1.807) is 24.3 Å². The van der Waals surface area contributed by atoms with Crippen molar-refractivity contribution in [2.24, 2.45) is 0 Å². The third kappa shape index (κ3) is 3.03. The summed E-state index contributed by atoms with van der Waals surface area (Å²) in [5, 5.41) is 1.92. The number of amides is 3. The predicted octanol–water partition coefficient (Wildman–Crippen LogP) is 2.43. The average Bonchev–Trinajstić information content (AvgIpc) is 3.13. The minimum atomic E-state index is -0.734. The van der Waals surface area contributed by atoms with E-state index in [1.165, 1.54) is 28.1 Å². The Morgan fingerprint density at radius 1 is 1.22 bits per heavy atom. The molecule has 2 aromatic rings. The Hall–Kier alpha value is -2.47. The Morgan fingerprint density at radius 3 is 2.57 bits per heavy atom. The van der Waals surface area contributed by atoms with E-state index >= 15 is 0 Å². The van der Waals surface area contributed by atoms with Gasteiger partial charge in [0.2, 0.25) is 11.8 Å². The maximum atomic E-state index is 12.7. The van der Waals surface area contributed by atoms with Crippen LogP contribution in [-0.4, -0.2) is 28.7 Å². The first-order valence-electron chi connectivity index (χ1n) is 7.29. The summed E-state index contributed by atoms with van der Waals surface area (Å²) < 4.78 is 0. The van der Waals surface area contributed by atoms with E-state index in [0.717, 1.165) is 4.88 Å². The zero-order valence-corrected chi connectivity index (χ0v) is 13.5. The molecule has 2 heterocycles. The van der Waals surface area contributed by atoms with Crippen molar-refractivity contribution in [1.29, 1.82) is 0 Å². The number of rotatable bonds is 4. The molecule has 23 heavy (non-hydrogen) atoms. The van der Waals surface area contributed by atoms with Crippen molar-refractivity contribution in [3.05, 3.63) is 52.7 Å². The number of hydrogen-bond acceptors (Lipinski definition) is 4. The number of imide groups is 1. The Morgan fingerprint density at radius 2 is 1.96 bits per heavy atom. The van der Waals surface area contributed by atoms with Gasteiger partial charge in [0.1, 0.15) is 6.04 Å². The molecule has 0 radical (unpaired) electrons. The van der Waals surface area contributed by atoms with E-state index in [0.29, 0.717) is 12.2 Å². The number of anilines is 1. The zero-order valence-electron chi connectivity index (χ0n) is 12.6. The molecule has 1 unspecified atom stereocenters. The van der Waals surface area contributed by atoms with Gasteiger partial charge in [0.15, 0.2) is 0 Å². The third-order valence-electron chi connectivity index (χ3n) is 3.82. The van der Waals surface area contributed by atoms with Gasteiger partial charge in [0, 0.05) is 11.8 Å². The Balaban J connectivity index is 1.86. The summed E-state index contributed by atoms with van der Waals surface area (Å²) in [7, 11) is 0. The highest BCUT2D eigenvalue weighted by atomic mass is 32.1. The lowest BCUT2D eigenvalue weighted by atomic mass is 10.2. The van der Waals surface area contributed by atoms with Gasteiger partial charge in [-0.25, -0.2) is 4.90 Å². The van der Waals surface area contributed by atoms with Crippen molar-refractivity contribution in [2.75, 3.05) is 4.90 Å². The lowest BCUT2D eigenvalue weighted by Crippen LogP contribution is -2.44. The SMILES string of the molecule is CC(=O)N(Cc1cccs1)C1CC(=O)N(c2ccccc2)C1=O. The first-order chi connectivity index (χ1) is 11.1. The van der Waals surface area contributed by atoms with Crippen molar-refractivity contribution in [1.82, 2.24) is 4.90 Å². The summed E-state index contributed by atoms with van der Waals surface area (Å²) in [5.41, 5.74) is 0.546. The number of carbonyl (C=O) groups is 3. The van der Waals surface area contributed by atoms with Crippen LogP contribution < -0.4 is 4.90 Å². The molecular weight excluding hydrogens is 312 g/mol. The van der Waals surface area contributed by atoms with E-state index in [2.05, 4.69) is 0 Å². The summed E-state index contributed by atoms with van der Waals surface area (Å²) in [6.07, 6.45) is 0.0265. The summed E-state index contributed by atoms with van der Waals surface area (Å²) in [4.78, 5) is 40.6. The highest BCUT2D eigenvalue weighted by Gasteiger charge is 2.43. The molecule has 0 aliphatic carbocycles. The minimum Gasteiger partial charge on any atom is -0.325 e. The topological polar surface area (TPSA) is 57.7 Å². The highest BCUT2D eigenvalue weighted by Crippen LogP contribution is 2.27. The highest BCUT2D eigenvalue weighted by molar-refractivity contribution is 7.09. The van der Waals surface area contributed by atoms with Crippen LogP contribution in [0.3, 0.4) is 0 Å². The van der Waals surface area contributed by atoms with Crippen molar-refractivity contribution in [3.8, 4) is 0 Å². The molecule has 1 fully saturated rings. The van der Waals surface area contributed by atoms with Gasteiger partial charge in [-0.3, -0.25) is 14.4 Å². The number of thiophene rings is 1. The van der Waals surface area contributed by atoms with E-state index in [-0.39, 0.29) is 24.1 Å². The van der Waals surface area contributed by atoms with Crippen LogP contribution in [0.1, 0.15) is 18.2 Å². The number of para-hydroxylation sites is 1. The molecule has 6 heteroatoms. The molecule has 1 saturated heterocycles.